The number of carbonyl (C=O) groups is 2. The number of aromatic nitrogens is 2. The zero-order valence-electron chi connectivity index (χ0n) is 20.2. The molecule has 2 saturated heterocycles. The van der Waals surface area contributed by atoms with Gasteiger partial charge in [0.25, 0.3) is 5.56 Å². The van der Waals surface area contributed by atoms with Crippen LogP contribution >= 0.6 is 24.0 Å². The molecule has 1 N–H and O–H groups in total. The summed E-state index contributed by atoms with van der Waals surface area (Å²) in [7, 11) is 0. The van der Waals surface area contributed by atoms with Gasteiger partial charge in [-0.3, -0.25) is 29.0 Å². The molecule has 0 spiro atoms. The Hall–Kier alpha value is -2.34. The van der Waals surface area contributed by atoms with Gasteiger partial charge >= 0.3 is 0 Å². The van der Waals surface area contributed by atoms with Crippen LogP contribution in [0.25, 0.3) is 0 Å². The molecular weight excluding hydrogens is 511 g/mol. The number of ether oxygens (including phenoxy) is 2. The van der Waals surface area contributed by atoms with Crippen molar-refractivity contribution in [3.63, 3.8) is 0 Å². The van der Waals surface area contributed by atoms with Crippen LogP contribution in [-0.2, 0) is 16.0 Å². The molecule has 0 radical (unpaired) electrons. The van der Waals surface area contributed by atoms with Gasteiger partial charge in [-0.05, 0) is 12.1 Å². The Morgan fingerprint density at radius 2 is 1.36 bits per heavy atom. The van der Waals surface area contributed by atoms with E-state index in [1.54, 1.807) is 16.8 Å². The highest BCUT2D eigenvalue weighted by atomic mass is 35.5. The zero-order valence-corrected chi connectivity index (χ0v) is 21.8. The number of alkyl halides is 1. The maximum atomic E-state index is 11.6. The summed E-state index contributed by atoms with van der Waals surface area (Å²) in [6, 6.07) is 5.75. The number of morpholine rings is 2. The minimum atomic E-state index is -0.194. The number of carbonyl (C=O) groups excluding carboxylic acids is 2. The predicted molar refractivity (Wildman–Crippen MR) is 141 cm³/mol. The highest BCUT2D eigenvalue weighted by Gasteiger charge is 2.10. The number of halogens is 2. The zero-order chi connectivity index (χ0) is 25.3. The molecule has 0 bridgehead atoms. The van der Waals surface area contributed by atoms with Crippen LogP contribution in [-0.4, -0.2) is 103 Å². The lowest BCUT2D eigenvalue weighted by Crippen LogP contribution is -2.39. The van der Waals surface area contributed by atoms with Gasteiger partial charge in [-0.15, -0.1) is 24.0 Å². The van der Waals surface area contributed by atoms with Crippen molar-refractivity contribution in [2.45, 2.75) is 6.54 Å². The van der Waals surface area contributed by atoms with Gasteiger partial charge in [-0.2, -0.15) is 0 Å². The van der Waals surface area contributed by atoms with Crippen LogP contribution < -0.4 is 11.1 Å². The molecule has 0 aliphatic carbocycles. The van der Waals surface area contributed by atoms with Crippen LogP contribution in [0.3, 0.4) is 0 Å². The second kappa shape index (κ2) is 18.9. The van der Waals surface area contributed by atoms with E-state index in [0.717, 1.165) is 77.9 Å². The number of hydrogen-bond acceptors (Lipinski definition) is 8. The molecule has 2 aliphatic rings. The standard InChI is InChI=1S/C12H16N2O3.C6H12ClNO.C6H5NO2.ClH/c15-10-11-1-2-12(16)14(9-11)4-3-13-5-7-17-8-6-13;7-1-2-8-3-5-9-6-4-8;8-4-5-1-2-6(9)7-3-5;/h1-2,9-10H,3-8H2;1-6H2;1-4H,(H,7,9);1H. The lowest BCUT2D eigenvalue weighted by atomic mass is 10.3. The fourth-order valence-electron chi connectivity index (χ4n) is 3.31. The number of rotatable bonds is 7. The summed E-state index contributed by atoms with van der Waals surface area (Å²) in [5.74, 6) is 0.736. The number of aromatic amines is 1. The average molecular weight is 545 g/mol. The minimum Gasteiger partial charge on any atom is -0.379 e. The lowest BCUT2D eigenvalue weighted by molar-refractivity contribution is 0.0363. The molecule has 4 heterocycles. The third-order valence-corrected chi connectivity index (χ3v) is 5.52. The molecule has 2 aliphatic heterocycles. The first kappa shape index (κ1) is 31.7. The largest absolute Gasteiger partial charge is 0.379 e. The van der Waals surface area contributed by atoms with Gasteiger partial charge in [0.05, 0.1) is 26.4 Å². The number of pyridine rings is 2. The summed E-state index contributed by atoms with van der Waals surface area (Å²) in [6.45, 7) is 9.58. The van der Waals surface area contributed by atoms with E-state index < -0.39 is 0 Å². The SMILES string of the molecule is Cl.ClCCN1CCOCC1.O=Cc1ccc(=O)[nH]c1.O=Cc1ccc(=O)n(CCN2CCOCC2)c1. The Kier molecular flexibility index (Phi) is 16.6. The molecule has 200 valence electrons. The summed E-state index contributed by atoms with van der Waals surface area (Å²) in [4.78, 5) is 49.5. The van der Waals surface area contributed by atoms with E-state index in [0.29, 0.717) is 24.0 Å². The van der Waals surface area contributed by atoms with Crippen molar-refractivity contribution in [2.75, 3.05) is 71.6 Å². The van der Waals surface area contributed by atoms with Crippen LogP contribution in [0, 0.1) is 0 Å². The Morgan fingerprint density at radius 3 is 1.86 bits per heavy atom. The van der Waals surface area contributed by atoms with E-state index in [-0.39, 0.29) is 23.5 Å². The van der Waals surface area contributed by atoms with Gasteiger partial charge in [0.2, 0.25) is 5.56 Å². The smallest absolute Gasteiger partial charge is 0.250 e. The van der Waals surface area contributed by atoms with Crippen LogP contribution in [0.1, 0.15) is 20.7 Å². The van der Waals surface area contributed by atoms with Crippen molar-refractivity contribution in [3.8, 4) is 0 Å². The van der Waals surface area contributed by atoms with Gasteiger partial charge in [0.15, 0.2) is 12.6 Å². The predicted octanol–water partition coefficient (Wildman–Crippen LogP) is 1.16. The average Bonchev–Trinajstić information content (AvgIpc) is 2.91. The molecule has 0 unspecified atom stereocenters. The molecule has 4 rings (SSSR count). The van der Waals surface area contributed by atoms with E-state index in [9.17, 15) is 19.2 Å². The molecule has 2 aromatic heterocycles. The van der Waals surface area contributed by atoms with Gasteiger partial charge in [0.1, 0.15) is 0 Å². The Balaban J connectivity index is 0.000000291. The van der Waals surface area contributed by atoms with E-state index in [1.165, 1.54) is 24.4 Å². The van der Waals surface area contributed by atoms with Crippen molar-refractivity contribution < 1.29 is 19.1 Å². The van der Waals surface area contributed by atoms with Gasteiger partial charge in [-0.25, -0.2) is 0 Å². The number of aldehydes is 2. The van der Waals surface area contributed by atoms with Crippen LogP contribution in [0.5, 0.6) is 0 Å². The Morgan fingerprint density at radius 1 is 0.806 bits per heavy atom. The molecule has 10 nitrogen and oxygen atoms in total. The summed E-state index contributed by atoms with van der Waals surface area (Å²) >= 11 is 5.55. The molecular formula is C24H34Cl2N4O6. The maximum Gasteiger partial charge on any atom is 0.250 e. The Bertz CT molecular complexity index is 981. The van der Waals surface area contributed by atoms with Crippen molar-refractivity contribution >= 4 is 36.6 Å². The third-order valence-electron chi connectivity index (χ3n) is 5.35. The van der Waals surface area contributed by atoms with E-state index in [4.69, 9.17) is 21.1 Å². The van der Waals surface area contributed by atoms with Crippen LogP contribution in [0.15, 0.2) is 46.2 Å². The second-order valence-electron chi connectivity index (χ2n) is 7.81. The highest BCUT2D eigenvalue weighted by Crippen LogP contribution is 1.98. The van der Waals surface area contributed by atoms with Gasteiger partial charge in [0, 0.05) is 87.3 Å². The lowest BCUT2D eigenvalue weighted by Gasteiger charge is -2.26. The molecule has 2 fully saturated rings. The molecule has 0 aromatic carbocycles. The number of nitrogens with one attached hydrogen (secondary N) is 1. The first-order valence-corrected chi connectivity index (χ1v) is 12.0. The topological polar surface area (TPSA) is 114 Å². The molecule has 12 heteroatoms. The third kappa shape index (κ3) is 12.6. The minimum absolute atomic E-state index is 0. The van der Waals surface area contributed by atoms with Crippen LogP contribution in [0.2, 0.25) is 0 Å². The van der Waals surface area contributed by atoms with E-state index in [1.807, 2.05) is 0 Å². The first-order valence-electron chi connectivity index (χ1n) is 11.5. The highest BCUT2D eigenvalue weighted by molar-refractivity contribution is 6.18. The summed E-state index contributed by atoms with van der Waals surface area (Å²) in [5.41, 5.74) is 0.755. The summed E-state index contributed by atoms with van der Waals surface area (Å²) in [6.07, 6.45) is 4.41. The molecule has 2 aromatic rings. The van der Waals surface area contributed by atoms with Crippen molar-refractivity contribution in [1.82, 2.24) is 19.4 Å². The van der Waals surface area contributed by atoms with Crippen molar-refractivity contribution in [1.29, 1.82) is 0 Å². The summed E-state index contributed by atoms with van der Waals surface area (Å²) in [5, 5.41) is 0. The molecule has 0 saturated carbocycles. The fraction of sp³-hybridized carbons (Fsp3) is 0.500. The van der Waals surface area contributed by atoms with Crippen LogP contribution in [0.4, 0.5) is 0 Å². The maximum absolute atomic E-state index is 11.6. The van der Waals surface area contributed by atoms with Gasteiger partial charge < -0.3 is 19.0 Å². The number of nitrogens with zero attached hydrogens (tertiary/aromatic N) is 3. The molecule has 0 amide bonds. The molecule has 36 heavy (non-hydrogen) atoms. The number of H-pyrrole nitrogens is 1. The first-order chi connectivity index (χ1) is 17.0. The van der Waals surface area contributed by atoms with Crippen molar-refractivity contribution in [2.24, 2.45) is 0 Å². The quantitative estimate of drug-likeness (QED) is 0.408. The van der Waals surface area contributed by atoms with E-state index in [2.05, 4.69) is 14.8 Å². The summed E-state index contributed by atoms with van der Waals surface area (Å²) < 4.78 is 12.0. The normalized spacial score (nSPS) is 15.8. The Labute approximate surface area is 221 Å². The molecule has 0 atom stereocenters. The van der Waals surface area contributed by atoms with Crippen molar-refractivity contribution in [3.05, 3.63) is 68.5 Å². The second-order valence-corrected chi connectivity index (χ2v) is 8.19. The number of hydrogen-bond donors (Lipinski definition) is 1. The van der Waals surface area contributed by atoms with E-state index >= 15 is 0 Å². The van der Waals surface area contributed by atoms with Gasteiger partial charge in [-0.1, -0.05) is 0 Å². The monoisotopic (exact) mass is 544 g/mol. The fourth-order valence-corrected chi connectivity index (χ4v) is 3.55.